The van der Waals surface area contributed by atoms with Crippen LogP contribution in [-0.4, -0.2) is 60.1 Å². The molecule has 1 heterocycles. The highest BCUT2D eigenvalue weighted by Crippen LogP contribution is 2.34. The quantitative estimate of drug-likeness (QED) is 0.143. The lowest BCUT2D eigenvalue weighted by molar-refractivity contribution is -0.201. The van der Waals surface area contributed by atoms with Gasteiger partial charge in [-0.25, -0.2) is 0 Å². The lowest BCUT2D eigenvalue weighted by Gasteiger charge is -2.43. The van der Waals surface area contributed by atoms with E-state index >= 15 is 0 Å². The van der Waals surface area contributed by atoms with E-state index in [2.05, 4.69) is 10.0 Å². The van der Waals surface area contributed by atoms with Crippen LogP contribution in [0, 0.1) is 0 Å². The molecular formula is C16H25N3O7S. The third-order valence-electron chi connectivity index (χ3n) is 3.64. The Morgan fingerprint density at radius 1 is 1.11 bits per heavy atom. The van der Waals surface area contributed by atoms with Crippen molar-refractivity contribution in [3.8, 4) is 0 Å². The molecule has 1 saturated heterocycles. The molecule has 27 heavy (non-hydrogen) atoms. The summed E-state index contributed by atoms with van der Waals surface area (Å²) in [5.41, 5.74) is 8.31. The average molecular weight is 403 g/mol. The van der Waals surface area contributed by atoms with Crippen LogP contribution in [0.5, 0.6) is 0 Å². The van der Waals surface area contributed by atoms with Crippen molar-refractivity contribution in [2.75, 3.05) is 12.4 Å². The molecule has 152 valence electrons. The maximum atomic E-state index is 11.6. The van der Waals surface area contributed by atoms with Gasteiger partial charge in [-0.3, -0.25) is 14.4 Å². The number of hydrogen-bond acceptors (Lipinski definition) is 9. The lowest BCUT2D eigenvalue weighted by atomic mass is 9.97. The van der Waals surface area contributed by atoms with Gasteiger partial charge in [-0.15, -0.1) is 11.8 Å². The van der Waals surface area contributed by atoms with Gasteiger partial charge in [0.15, 0.2) is 0 Å². The van der Waals surface area contributed by atoms with Crippen LogP contribution in [0.25, 0.3) is 10.4 Å². The molecule has 0 N–H and O–H groups in total. The number of carbonyl (C=O) groups is 3. The number of thioether (sulfide) groups is 1. The second-order valence-corrected chi connectivity index (χ2v) is 7.12. The largest absolute Gasteiger partial charge is 0.463 e. The molecule has 2 unspecified atom stereocenters. The summed E-state index contributed by atoms with van der Waals surface area (Å²) in [6.07, 6.45) is -1.00. The maximum Gasteiger partial charge on any atom is 0.303 e. The molecule has 5 atom stereocenters. The molecule has 0 aromatic heterocycles. The Morgan fingerprint density at radius 3 is 2.26 bits per heavy atom. The minimum Gasteiger partial charge on any atom is -0.463 e. The summed E-state index contributed by atoms with van der Waals surface area (Å²) in [7, 11) is 0. The van der Waals surface area contributed by atoms with E-state index in [0.717, 1.165) is 18.6 Å². The molecule has 0 radical (unpaired) electrons. The number of esters is 3. The molecule has 0 aliphatic carbocycles. The van der Waals surface area contributed by atoms with E-state index in [4.69, 9.17) is 24.5 Å². The molecule has 0 aromatic carbocycles. The van der Waals surface area contributed by atoms with Gasteiger partial charge in [0.05, 0.1) is 0 Å². The predicted octanol–water partition coefficient (Wildman–Crippen LogP) is 2.35. The highest BCUT2D eigenvalue weighted by Gasteiger charge is 2.49. The SMILES string of the molecule is CCCCS[C@H]1OC(COC(C)=O)[C@H](OC(C)=O)[C@H](N=[N+]=[N-])C1OC(C)=O. The number of nitrogens with zero attached hydrogens (tertiary/aromatic N) is 3. The van der Waals surface area contributed by atoms with Crippen molar-refractivity contribution in [1.29, 1.82) is 0 Å². The van der Waals surface area contributed by atoms with Crippen LogP contribution in [0.4, 0.5) is 0 Å². The van der Waals surface area contributed by atoms with E-state index in [-0.39, 0.29) is 6.61 Å². The first-order chi connectivity index (χ1) is 12.8. The fraction of sp³-hybridized carbons (Fsp3) is 0.812. The smallest absolute Gasteiger partial charge is 0.303 e. The zero-order valence-corrected chi connectivity index (χ0v) is 16.6. The minimum absolute atomic E-state index is 0.192. The Bertz CT molecular complexity index is 582. The standard InChI is InChI=1S/C16H25N3O7S/c1-5-6-7-27-16-15(25-11(4)22)13(18-19-17)14(24-10(3)21)12(26-16)8-23-9(2)20/h12-16H,5-8H2,1-4H3/t12?,13-,14-,15?,16+/m0/s1. The number of rotatable bonds is 9. The van der Waals surface area contributed by atoms with E-state index in [0.29, 0.717) is 0 Å². The van der Waals surface area contributed by atoms with Gasteiger partial charge in [-0.05, 0) is 17.7 Å². The zero-order valence-electron chi connectivity index (χ0n) is 15.8. The van der Waals surface area contributed by atoms with Crippen LogP contribution in [0.3, 0.4) is 0 Å². The van der Waals surface area contributed by atoms with Crippen LogP contribution in [0.2, 0.25) is 0 Å². The number of azide groups is 1. The van der Waals surface area contributed by atoms with Crippen molar-refractivity contribution >= 4 is 29.7 Å². The van der Waals surface area contributed by atoms with Crippen molar-refractivity contribution in [3.63, 3.8) is 0 Å². The van der Waals surface area contributed by atoms with Gasteiger partial charge >= 0.3 is 17.9 Å². The fourth-order valence-electron chi connectivity index (χ4n) is 2.55. The predicted molar refractivity (Wildman–Crippen MR) is 96.7 cm³/mol. The van der Waals surface area contributed by atoms with Crippen LogP contribution in [0.1, 0.15) is 40.5 Å². The van der Waals surface area contributed by atoms with Crippen LogP contribution in [0.15, 0.2) is 5.11 Å². The molecule has 1 rings (SSSR count). The second kappa shape index (κ2) is 11.7. The average Bonchev–Trinajstić information content (AvgIpc) is 2.57. The van der Waals surface area contributed by atoms with E-state index in [1.54, 1.807) is 0 Å². The minimum atomic E-state index is -1.06. The van der Waals surface area contributed by atoms with E-state index in [1.807, 2.05) is 6.92 Å². The summed E-state index contributed by atoms with van der Waals surface area (Å²) in [5, 5.41) is 3.70. The summed E-state index contributed by atoms with van der Waals surface area (Å²) in [5.74, 6) is -1.02. The first kappa shape index (κ1) is 23.1. The van der Waals surface area contributed by atoms with Gasteiger partial charge < -0.3 is 18.9 Å². The molecule has 0 aromatic rings. The molecule has 0 amide bonds. The van der Waals surface area contributed by atoms with Gasteiger partial charge in [-0.2, -0.15) is 0 Å². The van der Waals surface area contributed by atoms with Crippen LogP contribution >= 0.6 is 11.8 Å². The molecule has 10 nitrogen and oxygen atoms in total. The van der Waals surface area contributed by atoms with Crippen molar-refractivity contribution in [2.24, 2.45) is 5.11 Å². The fourth-order valence-corrected chi connectivity index (χ4v) is 3.87. The molecule has 0 saturated carbocycles. The third-order valence-corrected chi connectivity index (χ3v) is 4.87. The Balaban J connectivity index is 3.18. The molecule has 0 bridgehead atoms. The van der Waals surface area contributed by atoms with Gasteiger partial charge in [-0.1, -0.05) is 18.5 Å². The van der Waals surface area contributed by atoms with Crippen LogP contribution in [-0.2, 0) is 33.3 Å². The Morgan fingerprint density at radius 2 is 1.74 bits per heavy atom. The topological polar surface area (TPSA) is 137 Å². The number of hydrogen-bond donors (Lipinski definition) is 0. The number of ether oxygens (including phenoxy) is 4. The Kier molecular flexibility index (Phi) is 9.98. The van der Waals surface area contributed by atoms with Crippen LogP contribution < -0.4 is 0 Å². The maximum absolute atomic E-state index is 11.6. The van der Waals surface area contributed by atoms with E-state index in [9.17, 15) is 14.4 Å². The number of carbonyl (C=O) groups excluding carboxylic acids is 3. The van der Waals surface area contributed by atoms with Crippen molar-refractivity contribution in [1.82, 2.24) is 0 Å². The summed E-state index contributed by atoms with van der Waals surface area (Å²) >= 11 is 1.40. The van der Waals surface area contributed by atoms with Gasteiger partial charge in [0.2, 0.25) is 0 Å². The van der Waals surface area contributed by atoms with E-state index < -0.39 is 47.7 Å². The molecule has 1 aliphatic heterocycles. The van der Waals surface area contributed by atoms with Gasteiger partial charge in [0, 0.05) is 25.7 Å². The van der Waals surface area contributed by atoms with Crippen molar-refractivity contribution < 1.29 is 33.3 Å². The molecule has 1 fully saturated rings. The lowest BCUT2D eigenvalue weighted by Crippen LogP contribution is -2.59. The van der Waals surface area contributed by atoms with Crippen molar-refractivity contribution in [3.05, 3.63) is 10.4 Å². The second-order valence-electron chi connectivity index (χ2n) is 5.91. The summed E-state index contributed by atoms with van der Waals surface area (Å²) in [4.78, 5) is 37.1. The number of unbranched alkanes of at least 4 members (excludes halogenated alkanes) is 1. The first-order valence-corrected chi connectivity index (χ1v) is 9.64. The Hall–Kier alpha value is -1.97. The molecule has 11 heteroatoms. The van der Waals surface area contributed by atoms with Gasteiger partial charge in [0.1, 0.15) is 36.4 Å². The Labute approximate surface area is 161 Å². The third kappa shape index (κ3) is 7.66. The molecule has 1 aliphatic rings. The summed E-state index contributed by atoms with van der Waals surface area (Å²) < 4.78 is 21.5. The first-order valence-electron chi connectivity index (χ1n) is 8.59. The summed E-state index contributed by atoms with van der Waals surface area (Å²) in [6, 6.07) is -1.02. The molecule has 0 spiro atoms. The summed E-state index contributed by atoms with van der Waals surface area (Å²) in [6.45, 7) is 5.51. The highest BCUT2D eigenvalue weighted by atomic mass is 32.2. The van der Waals surface area contributed by atoms with E-state index in [1.165, 1.54) is 32.5 Å². The van der Waals surface area contributed by atoms with Crippen molar-refractivity contribution in [2.45, 2.75) is 70.3 Å². The highest BCUT2D eigenvalue weighted by molar-refractivity contribution is 7.99. The van der Waals surface area contributed by atoms with Gasteiger partial charge in [0.25, 0.3) is 0 Å². The molecular weight excluding hydrogens is 378 g/mol. The monoisotopic (exact) mass is 403 g/mol. The normalized spacial score (nSPS) is 27.2. The zero-order chi connectivity index (χ0) is 20.4.